The van der Waals surface area contributed by atoms with Gasteiger partial charge in [-0.1, -0.05) is 12.2 Å². The van der Waals surface area contributed by atoms with E-state index in [-0.39, 0.29) is 0 Å². The lowest BCUT2D eigenvalue weighted by atomic mass is 10.3. The van der Waals surface area contributed by atoms with Crippen LogP contribution in [-0.4, -0.2) is 33.1 Å². The minimum atomic E-state index is -4.09. The van der Waals surface area contributed by atoms with Crippen LogP contribution in [0.1, 0.15) is 0 Å². The van der Waals surface area contributed by atoms with Crippen molar-refractivity contribution in [3.63, 3.8) is 0 Å². The van der Waals surface area contributed by atoms with Gasteiger partial charge in [-0.25, -0.2) is 0 Å². The van der Waals surface area contributed by atoms with Crippen molar-refractivity contribution in [1.29, 1.82) is 0 Å². The van der Waals surface area contributed by atoms with Gasteiger partial charge >= 0.3 is 13.6 Å². The van der Waals surface area contributed by atoms with Gasteiger partial charge in [-0.05, 0) is 0 Å². The highest BCUT2D eigenvalue weighted by molar-refractivity contribution is 7.51. The Hall–Kier alpha value is -0.680. The van der Waals surface area contributed by atoms with Crippen molar-refractivity contribution < 1.29 is 24.3 Å². The standard InChI is InChI=1S/C5H10NO5P/c6-4(5(7)8)2-1-3-12(9,10)11/h1-2,4H,3,6H2,(H,7,8)(H2,9,10,11)/b2-1-/t4-/m1/s1. The number of rotatable bonds is 4. The molecule has 6 nitrogen and oxygen atoms in total. The van der Waals surface area contributed by atoms with Gasteiger partial charge in [-0.3, -0.25) is 9.36 Å². The molecule has 7 heteroatoms. The van der Waals surface area contributed by atoms with E-state index < -0.39 is 25.8 Å². The molecule has 5 N–H and O–H groups in total. The summed E-state index contributed by atoms with van der Waals surface area (Å²) in [5.41, 5.74) is 5.01. The molecule has 0 fully saturated rings. The molecule has 0 aliphatic rings. The highest BCUT2D eigenvalue weighted by Crippen LogP contribution is 2.33. The fraction of sp³-hybridized carbons (Fsp3) is 0.400. The molecule has 0 aromatic carbocycles. The highest BCUT2D eigenvalue weighted by Gasteiger charge is 2.10. The first-order chi connectivity index (χ1) is 5.33. The van der Waals surface area contributed by atoms with E-state index in [1.54, 1.807) is 0 Å². The van der Waals surface area contributed by atoms with Crippen molar-refractivity contribution in [1.82, 2.24) is 0 Å². The second-order valence-corrected chi connectivity index (χ2v) is 3.83. The zero-order valence-corrected chi connectivity index (χ0v) is 7.02. The van der Waals surface area contributed by atoms with Crippen LogP contribution in [0.3, 0.4) is 0 Å². The SMILES string of the molecule is N[C@H](/C=C\CP(=O)(O)O)C(=O)O. The smallest absolute Gasteiger partial charge is 0.329 e. The third-order valence-electron chi connectivity index (χ3n) is 0.972. The van der Waals surface area contributed by atoms with Gasteiger partial charge in [0.1, 0.15) is 6.04 Å². The predicted molar refractivity (Wildman–Crippen MR) is 41.7 cm³/mol. The Kier molecular flexibility index (Phi) is 4.12. The molecule has 0 bridgehead atoms. The topological polar surface area (TPSA) is 121 Å². The van der Waals surface area contributed by atoms with E-state index in [0.717, 1.165) is 12.2 Å². The molecule has 0 amide bonds. The predicted octanol–water partition coefficient (Wildman–Crippen LogP) is -0.868. The van der Waals surface area contributed by atoms with Gasteiger partial charge < -0.3 is 20.6 Å². The summed E-state index contributed by atoms with van der Waals surface area (Å²) >= 11 is 0. The second-order valence-electron chi connectivity index (χ2n) is 2.14. The quantitative estimate of drug-likeness (QED) is 0.342. The summed E-state index contributed by atoms with van der Waals surface area (Å²) in [4.78, 5) is 26.8. The molecule has 0 unspecified atom stereocenters. The average molecular weight is 195 g/mol. The molecule has 0 aliphatic carbocycles. The van der Waals surface area contributed by atoms with Gasteiger partial charge in [0.05, 0.1) is 6.16 Å². The number of carbonyl (C=O) groups is 1. The molecule has 12 heavy (non-hydrogen) atoms. The lowest BCUT2D eigenvalue weighted by Crippen LogP contribution is -2.27. The van der Waals surface area contributed by atoms with Crippen LogP contribution >= 0.6 is 7.60 Å². The Bertz CT molecular complexity index is 232. The minimum absolute atomic E-state index is 0.492. The zero-order chi connectivity index (χ0) is 9.78. The van der Waals surface area contributed by atoms with Crippen LogP contribution < -0.4 is 5.73 Å². The lowest BCUT2D eigenvalue weighted by molar-refractivity contribution is -0.137. The van der Waals surface area contributed by atoms with Gasteiger partial charge in [-0.15, -0.1) is 0 Å². The summed E-state index contributed by atoms with van der Waals surface area (Å²) < 4.78 is 10.2. The first-order valence-electron chi connectivity index (χ1n) is 3.02. The number of hydrogen-bond acceptors (Lipinski definition) is 3. The van der Waals surface area contributed by atoms with Crippen molar-refractivity contribution in [2.45, 2.75) is 6.04 Å². The van der Waals surface area contributed by atoms with Gasteiger partial charge in [0.15, 0.2) is 0 Å². The molecule has 0 saturated heterocycles. The van der Waals surface area contributed by atoms with E-state index in [0.29, 0.717) is 0 Å². The number of nitrogens with two attached hydrogens (primary N) is 1. The summed E-state index contributed by atoms with van der Waals surface area (Å²) in [5, 5.41) is 8.24. The van der Waals surface area contributed by atoms with Gasteiger partial charge in [0.25, 0.3) is 0 Å². The third-order valence-corrected chi connectivity index (χ3v) is 1.66. The molecule has 0 aromatic rings. The van der Waals surface area contributed by atoms with Crippen LogP contribution in [-0.2, 0) is 9.36 Å². The fourth-order valence-electron chi connectivity index (χ4n) is 0.427. The van der Waals surface area contributed by atoms with Crippen LogP contribution in [0.15, 0.2) is 12.2 Å². The molecular weight excluding hydrogens is 185 g/mol. The van der Waals surface area contributed by atoms with E-state index in [1.165, 1.54) is 0 Å². The van der Waals surface area contributed by atoms with Crippen LogP contribution in [0.5, 0.6) is 0 Å². The average Bonchev–Trinajstić information content (AvgIpc) is 1.84. The Labute approximate surface area is 68.9 Å². The maximum Gasteiger partial charge on any atom is 0.329 e. The Balaban J connectivity index is 3.93. The molecule has 0 saturated carbocycles. The maximum atomic E-state index is 10.2. The maximum absolute atomic E-state index is 10.2. The van der Waals surface area contributed by atoms with Crippen LogP contribution in [0.4, 0.5) is 0 Å². The largest absolute Gasteiger partial charge is 0.480 e. The van der Waals surface area contributed by atoms with Crippen LogP contribution in [0.2, 0.25) is 0 Å². The first kappa shape index (κ1) is 11.3. The normalized spacial score (nSPS) is 14.9. The molecule has 70 valence electrons. The lowest BCUT2D eigenvalue weighted by Gasteiger charge is -1.99. The van der Waals surface area contributed by atoms with Gasteiger partial charge in [0.2, 0.25) is 0 Å². The van der Waals surface area contributed by atoms with Crippen LogP contribution in [0.25, 0.3) is 0 Å². The Morgan fingerprint density at radius 3 is 2.42 bits per heavy atom. The molecule has 0 spiro atoms. The first-order valence-corrected chi connectivity index (χ1v) is 4.82. The summed E-state index contributed by atoms with van der Waals surface area (Å²) in [6.07, 6.45) is 1.59. The fourth-order valence-corrected chi connectivity index (χ4v) is 0.823. The van der Waals surface area contributed by atoms with E-state index in [9.17, 15) is 9.36 Å². The van der Waals surface area contributed by atoms with E-state index in [1.807, 2.05) is 0 Å². The number of hydrogen-bond donors (Lipinski definition) is 4. The van der Waals surface area contributed by atoms with Gasteiger partial charge in [-0.2, -0.15) is 0 Å². The number of carboxylic acid groups (broad SMARTS) is 1. The summed E-state index contributed by atoms with van der Waals surface area (Å²) in [6.45, 7) is 0. The van der Waals surface area contributed by atoms with Crippen LogP contribution in [0, 0.1) is 0 Å². The Morgan fingerprint density at radius 1 is 1.58 bits per heavy atom. The van der Waals surface area contributed by atoms with Gasteiger partial charge in [0, 0.05) is 0 Å². The van der Waals surface area contributed by atoms with Crippen molar-refractivity contribution in [2.75, 3.05) is 6.16 Å². The summed E-state index contributed by atoms with van der Waals surface area (Å²) in [6, 6.07) is -1.21. The highest BCUT2D eigenvalue weighted by atomic mass is 31.2. The second kappa shape index (κ2) is 4.37. The monoisotopic (exact) mass is 195 g/mol. The molecule has 0 aliphatic heterocycles. The van der Waals surface area contributed by atoms with Crippen molar-refractivity contribution in [2.24, 2.45) is 5.73 Å². The molecule has 0 aromatic heterocycles. The molecule has 1 atom stereocenters. The van der Waals surface area contributed by atoms with Crippen molar-refractivity contribution in [3.05, 3.63) is 12.2 Å². The van der Waals surface area contributed by atoms with E-state index in [2.05, 4.69) is 0 Å². The molecular formula is C5H10NO5P. The third kappa shape index (κ3) is 6.06. The Morgan fingerprint density at radius 2 is 2.08 bits per heavy atom. The van der Waals surface area contributed by atoms with E-state index in [4.69, 9.17) is 20.6 Å². The van der Waals surface area contributed by atoms with E-state index >= 15 is 0 Å². The number of allylic oxidation sites excluding steroid dienone is 1. The summed E-state index contributed by atoms with van der Waals surface area (Å²) in [7, 11) is -4.09. The number of aliphatic carboxylic acids is 1. The summed E-state index contributed by atoms with van der Waals surface area (Å²) in [5.74, 6) is -1.24. The zero-order valence-electron chi connectivity index (χ0n) is 6.12. The molecule has 0 heterocycles. The molecule has 0 rings (SSSR count). The molecule has 0 radical (unpaired) electrons. The van der Waals surface area contributed by atoms with Crippen molar-refractivity contribution in [3.8, 4) is 0 Å². The minimum Gasteiger partial charge on any atom is -0.480 e. The number of carboxylic acids is 1. The van der Waals surface area contributed by atoms with Crippen molar-refractivity contribution >= 4 is 13.6 Å².